The molecule has 0 aliphatic rings. The van der Waals surface area contributed by atoms with Gasteiger partial charge >= 0.3 is 0 Å². The van der Waals surface area contributed by atoms with Gasteiger partial charge in [0.15, 0.2) is 5.01 Å². The topological polar surface area (TPSA) is 57.0 Å². The number of carbonyl (C=O) groups is 1. The Morgan fingerprint density at radius 2 is 2.67 bits per heavy atom. The van der Waals surface area contributed by atoms with Crippen LogP contribution in [-0.2, 0) is 0 Å². The predicted octanol–water partition coefficient (Wildman–Crippen LogP) is 0.739. The minimum atomic E-state index is -0.202. The minimum Gasteiger partial charge on any atom is -0.326 e. The molecule has 0 unspecified atom stereocenters. The summed E-state index contributed by atoms with van der Waals surface area (Å²) >= 11 is 1.27. The van der Waals surface area contributed by atoms with Crippen molar-refractivity contribution in [1.29, 1.82) is 5.26 Å². The Kier molecular flexibility index (Phi) is 2.77. The second-order valence-corrected chi connectivity index (χ2v) is 3.05. The highest BCUT2D eigenvalue weighted by Gasteiger charge is 2.12. The quantitative estimate of drug-likeness (QED) is 0.632. The van der Waals surface area contributed by atoms with Gasteiger partial charge in [0.05, 0.1) is 6.07 Å². The molecule has 5 heteroatoms. The monoisotopic (exact) mass is 181 g/mol. The molecule has 1 aromatic heterocycles. The number of nitrogens with zero attached hydrogens (tertiary/aromatic N) is 3. The van der Waals surface area contributed by atoms with E-state index in [2.05, 4.69) is 4.98 Å². The zero-order valence-electron chi connectivity index (χ0n) is 6.52. The second kappa shape index (κ2) is 3.83. The molecule has 0 atom stereocenters. The van der Waals surface area contributed by atoms with E-state index in [-0.39, 0.29) is 12.5 Å². The fraction of sp³-hybridized carbons (Fsp3) is 0.286. The van der Waals surface area contributed by atoms with Crippen LogP contribution in [0.25, 0.3) is 0 Å². The molecular formula is C7H7N3OS. The lowest BCUT2D eigenvalue weighted by molar-refractivity contribution is 0.0811. The van der Waals surface area contributed by atoms with Gasteiger partial charge in [0.1, 0.15) is 6.54 Å². The normalized spacial score (nSPS) is 9.00. The third-order valence-electron chi connectivity index (χ3n) is 1.27. The van der Waals surface area contributed by atoms with Gasteiger partial charge in [-0.15, -0.1) is 11.3 Å². The number of thiazole rings is 1. The van der Waals surface area contributed by atoms with E-state index in [1.54, 1.807) is 18.6 Å². The predicted molar refractivity (Wildman–Crippen MR) is 44.7 cm³/mol. The molecule has 1 aromatic rings. The van der Waals surface area contributed by atoms with E-state index in [0.29, 0.717) is 5.01 Å². The van der Waals surface area contributed by atoms with Crippen LogP contribution in [0.4, 0.5) is 0 Å². The summed E-state index contributed by atoms with van der Waals surface area (Å²) in [5.74, 6) is -0.202. The lowest BCUT2D eigenvalue weighted by Gasteiger charge is -2.09. The van der Waals surface area contributed by atoms with Gasteiger partial charge in [-0.05, 0) is 0 Å². The zero-order chi connectivity index (χ0) is 8.97. The maximum absolute atomic E-state index is 11.3. The SMILES string of the molecule is CN(CC#N)C(=O)c1nccs1. The Hall–Kier alpha value is -1.41. The average molecular weight is 181 g/mol. The molecule has 0 spiro atoms. The summed E-state index contributed by atoms with van der Waals surface area (Å²) in [5, 5.41) is 10.5. The van der Waals surface area contributed by atoms with E-state index < -0.39 is 0 Å². The van der Waals surface area contributed by atoms with E-state index in [4.69, 9.17) is 5.26 Å². The van der Waals surface area contributed by atoms with Crippen molar-refractivity contribution in [1.82, 2.24) is 9.88 Å². The van der Waals surface area contributed by atoms with Crippen LogP contribution in [0.15, 0.2) is 11.6 Å². The van der Waals surface area contributed by atoms with Gasteiger partial charge in [-0.25, -0.2) is 4.98 Å². The van der Waals surface area contributed by atoms with Crippen molar-refractivity contribution in [3.63, 3.8) is 0 Å². The van der Waals surface area contributed by atoms with Gasteiger partial charge in [-0.3, -0.25) is 4.79 Å². The smallest absolute Gasteiger partial charge is 0.283 e. The Balaban J connectivity index is 2.67. The maximum atomic E-state index is 11.3. The van der Waals surface area contributed by atoms with Crippen LogP contribution < -0.4 is 0 Å². The number of nitriles is 1. The summed E-state index contributed by atoms with van der Waals surface area (Å²) in [6.45, 7) is 0.0956. The van der Waals surface area contributed by atoms with E-state index in [1.807, 2.05) is 6.07 Å². The molecule has 0 aliphatic heterocycles. The number of hydrogen-bond acceptors (Lipinski definition) is 4. The standard InChI is InChI=1S/C7H7N3OS/c1-10(4-2-8)7(11)6-9-3-5-12-6/h3,5H,4H2,1H3. The first-order valence-corrected chi connectivity index (χ1v) is 4.15. The molecule has 12 heavy (non-hydrogen) atoms. The molecule has 0 aromatic carbocycles. The third-order valence-corrected chi connectivity index (χ3v) is 2.03. The van der Waals surface area contributed by atoms with Gasteiger partial charge in [0, 0.05) is 18.6 Å². The van der Waals surface area contributed by atoms with E-state index in [1.165, 1.54) is 16.2 Å². The molecule has 4 nitrogen and oxygen atoms in total. The van der Waals surface area contributed by atoms with Crippen LogP contribution in [0.2, 0.25) is 0 Å². The van der Waals surface area contributed by atoms with Crippen molar-refractivity contribution in [2.75, 3.05) is 13.6 Å². The van der Waals surface area contributed by atoms with Crippen molar-refractivity contribution in [3.05, 3.63) is 16.6 Å². The Bertz CT molecular complexity index is 301. The summed E-state index contributed by atoms with van der Waals surface area (Å²) in [6.07, 6.45) is 1.57. The maximum Gasteiger partial charge on any atom is 0.283 e. The van der Waals surface area contributed by atoms with Gasteiger partial charge < -0.3 is 4.90 Å². The number of carbonyl (C=O) groups excluding carboxylic acids is 1. The van der Waals surface area contributed by atoms with Gasteiger partial charge in [0.2, 0.25) is 0 Å². The number of rotatable bonds is 2. The van der Waals surface area contributed by atoms with Crippen molar-refractivity contribution < 1.29 is 4.79 Å². The first kappa shape index (κ1) is 8.68. The molecule has 0 aliphatic carbocycles. The van der Waals surface area contributed by atoms with Gasteiger partial charge in [-0.1, -0.05) is 0 Å². The molecule has 0 fully saturated rings. The molecule has 62 valence electrons. The Labute approximate surface area is 74.1 Å². The summed E-state index contributed by atoms with van der Waals surface area (Å²) in [6, 6.07) is 1.89. The molecule has 0 saturated heterocycles. The lowest BCUT2D eigenvalue weighted by Crippen LogP contribution is -2.26. The Morgan fingerprint density at radius 3 is 3.17 bits per heavy atom. The van der Waals surface area contributed by atoms with Crippen LogP contribution in [0.1, 0.15) is 9.80 Å². The van der Waals surface area contributed by atoms with Crippen LogP contribution in [0.5, 0.6) is 0 Å². The first-order valence-electron chi connectivity index (χ1n) is 3.27. The molecule has 1 amide bonds. The number of aromatic nitrogens is 1. The van der Waals surface area contributed by atoms with Crippen molar-refractivity contribution in [2.24, 2.45) is 0 Å². The minimum absolute atomic E-state index is 0.0956. The summed E-state index contributed by atoms with van der Waals surface area (Å²) < 4.78 is 0. The van der Waals surface area contributed by atoms with Gasteiger partial charge in [-0.2, -0.15) is 5.26 Å². The zero-order valence-corrected chi connectivity index (χ0v) is 7.34. The lowest BCUT2D eigenvalue weighted by atomic mass is 10.5. The Morgan fingerprint density at radius 1 is 1.92 bits per heavy atom. The van der Waals surface area contributed by atoms with Crippen molar-refractivity contribution in [2.45, 2.75) is 0 Å². The van der Waals surface area contributed by atoms with Crippen LogP contribution in [0.3, 0.4) is 0 Å². The molecule has 0 radical (unpaired) electrons. The molecular weight excluding hydrogens is 174 g/mol. The van der Waals surface area contributed by atoms with Crippen LogP contribution >= 0.6 is 11.3 Å². The first-order chi connectivity index (χ1) is 5.75. The summed E-state index contributed by atoms with van der Waals surface area (Å²) in [7, 11) is 1.58. The summed E-state index contributed by atoms with van der Waals surface area (Å²) in [5.41, 5.74) is 0. The third kappa shape index (κ3) is 1.80. The average Bonchev–Trinajstić information content (AvgIpc) is 2.55. The molecule has 0 saturated carbocycles. The van der Waals surface area contributed by atoms with Crippen molar-refractivity contribution >= 4 is 17.2 Å². The molecule has 1 heterocycles. The highest BCUT2D eigenvalue weighted by Crippen LogP contribution is 2.06. The van der Waals surface area contributed by atoms with E-state index in [0.717, 1.165) is 0 Å². The van der Waals surface area contributed by atoms with Crippen LogP contribution in [0, 0.1) is 11.3 Å². The van der Waals surface area contributed by atoms with E-state index >= 15 is 0 Å². The van der Waals surface area contributed by atoms with Gasteiger partial charge in [0.25, 0.3) is 5.91 Å². The van der Waals surface area contributed by atoms with Crippen LogP contribution in [-0.4, -0.2) is 29.4 Å². The number of hydrogen-bond donors (Lipinski definition) is 0. The fourth-order valence-electron chi connectivity index (χ4n) is 0.670. The highest BCUT2D eigenvalue weighted by atomic mass is 32.1. The largest absolute Gasteiger partial charge is 0.326 e. The van der Waals surface area contributed by atoms with Crippen molar-refractivity contribution in [3.8, 4) is 6.07 Å². The summed E-state index contributed by atoms with van der Waals surface area (Å²) in [4.78, 5) is 16.5. The molecule has 1 rings (SSSR count). The number of amides is 1. The molecule has 0 N–H and O–H groups in total. The highest BCUT2D eigenvalue weighted by molar-refractivity contribution is 7.11. The fourth-order valence-corrected chi connectivity index (χ4v) is 1.30. The molecule has 0 bridgehead atoms. The van der Waals surface area contributed by atoms with E-state index in [9.17, 15) is 4.79 Å². The second-order valence-electron chi connectivity index (χ2n) is 2.16.